The van der Waals surface area contributed by atoms with Crippen LogP contribution in [-0.2, 0) is 28.8 Å². The highest BCUT2D eigenvalue weighted by atomic mass is 19.1. The zero-order valence-electron chi connectivity index (χ0n) is 23.5. The molecule has 6 nitrogen and oxygen atoms in total. The Hall–Kier alpha value is -3.97. The number of aliphatic hydroxyl groups is 1. The number of halogens is 1. The number of hydrogen-bond acceptors (Lipinski definition) is 4. The lowest BCUT2D eigenvalue weighted by molar-refractivity contribution is -0.129. The van der Waals surface area contributed by atoms with Crippen molar-refractivity contribution in [3.63, 3.8) is 0 Å². The number of amides is 2. The van der Waals surface area contributed by atoms with Crippen molar-refractivity contribution in [2.24, 2.45) is 11.8 Å². The van der Waals surface area contributed by atoms with Crippen molar-refractivity contribution in [3.05, 3.63) is 115 Å². The van der Waals surface area contributed by atoms with Gasteiger partial charge in [-0.15, -0.1) is 13.2 Å². The summed E-state index contributed by atoms with van der Waals surface area (Å²) in [5, 5.41) is 14.5. The fraction of sp³-hybridized carbons (Fsp3) is 0.353. The van der Waals surface area contributed by atoms with E-state index in [1.165, 1.54) is 11.0 Å². The highest BCUT2D eigenvalue weighted by Gasteiger charge is 2.38. The molecule has 2 aliphatic rings. The third-order valence-corrected chi connectivity index (χ3v) is 7.82. The van der Waals surface area contributed by atoms with Gasteiger partial charge in [-0.3, -0.25) is 9.69 Å². The maximum atomic E-state index is 13.9. The Kier molecular flexibility index (Phi) is 10.3. The molecule has 41 heavy (non-hydrogen) atoms. The lowest BCUT2D eigenvalue weighted by atomic mass is 9.86. The van der Waals surface area contributed by atoms with Crippen LogP contribution in [0.3, 0.4) is 0 Å². The van der Waals surface area contributed by atoms with E-state index in [4.69, 9.17) is 4.74 Å². The monoisotopic (exact) mass is 558 g/mol. The maximum absolute atomic E-state index is 13.9. The number of nitrogens with zero attached hydrogens (tertiary/aromatic N) is 1. The van der Waals surface area contributed by atoms with Gasteiger partial charge in [-0.2, -0.15) is 0 Å². The normalized spacial score (nSPS) is 21.4. The van der Waals surface area contributed by atoms with Crippen molar-refractivity contribution in [3.8, 4) is 0 Å². The van der Waals surface area contributed by atoms with Gasteiger partial charge in [0.05, 0.1) is 18.7 Å². The molecule has 2 unspecified atom stereocenters. The Morgan fingerprint density at radius 1 is 1.05 bits per heavy atom. The number of nitrogens with one attached hydrogen (secondary N) is 1. The molecule has 7 heteroatoms. The summed E-state index contributed by atoms with van der Waals surface area (Å²) in [4.78, 5) is 27.2. The molecule has 2 N–H and O–H groups in total. The summed E-state index contributed by atoms with van der Waals surface area (Å²) in [7, 11) is 0. The van der Waals surface area contributed by atoms with Crippen LogP contribution in [0.2, 0.25) is 0 Å². The van der Waals surface area contributed by atoms with Crippen LogP contribution >= 0.6 is 0 Å². The highest BCUT2D eigenvalue weighted by molar-refractivity contribution is 5.95. The van der Waals surface area contributed by atoms with Gasteiger partial charge in [-0.25, -0.2) is 9.18 Å². The van der Waals surface area contributed by atoms with E-state index in [-0.39, 0.29) is 18.3 Å². The van der Waals surface area contributed by atoms with Gasteiger partial charge in [0.1, 0.15) is 5.82 Å². The van der Waals surface area contributed by atoms with E-state index in [0.29, 0.717) is 24.4 Å². The third kappa shape index (κ3) is 7.82. The molecule has 1 aliphatic carbocycles. The number of aliphatic hydroxyl groups excluding tert-OH is 1. The van der Waals surface area contributed by atoms with Gasteiger partial charge < -0.3 is 15.2 Å². The number of cyclic esters (lactones) is 1. The Balaban J connectivity index is 0.00000189. The van der Waals surface area contributed by atoms with Crippen LogP contribution in [0.15, 0.2) is 92.0 Å². The van der Waals surface area contributed by atoms with Crippen LogP contribution in [0.5, 0.6) is 0 Å². The minimum Gasteiger partial charge on any atom is -0.434 e. The van der Waals surface area contributed by atoms with E-state index >= 15 is 0 Å². The van der Waals surface area contributed by atoms with Crippen LogP contribution in [-0.4, -0.2) is 41.9 Å². The molecule has 5 rings (SSSR count). The summed E-state index contributed by atoms with van der Waals surface area (Å²) >= 11 is 0. The summed E-state index contributed by atoms with van der Waals surface area (Å²) in [6.45, 7) is 8.27. The Bertz CT molecular complexity index is 1300. The topological polar surface area (TPSA) is 78.9 Å². The first kappa shape index (κ1) is 30.0. The predicted octanol–water partition coefficient (Wildman–Crippen LogP) is 5.87. The molecule has 3 aromatic carbocycles. The first-order chi connectivity index (χ1) is 19.9. The van der Waals surface area contributed by atoms with Crippen molar-refractivity contribution in [2.75, 3.05) is 11.4 Å². The zero-order valence-corrected chi connectivity index (χ0v) is 23.5. The van der Waals surface area contributed by atoms with E-state index in [0.717, 1.165) is 36.0 Å². The number of fused-ring (bicyclic) bond motifs is 1. The Morgan fingerprint density at radius 3 is 2.44 bits per heavy atom. The number of carbonyl (C=O) groups is 2. The van der Waals surface area contributed by atoms with Crippen molar-refractivity contribution >= 4 is 17.7 Å². The number of rotatable bonds is 8. The number of carbonyl (C=O) groups excluding carboxylic acids is 2. The maximum Gasteiger partial charge on any atom is 0.415 e. The quantitative estimate of drug-likeness (QED) is 0.268. The van der Waals surface area contributed by atoms with Crippen molar-refractivity contribution in [1.29, 1.82) is 0 Å². The van der Waals surface area contributed by atoms with Gasteiger partial charge in [0, 0.05) is 5.69 Å². The summed E-state index contributed by atoms with van der Waals surface area (Å²) in [6.07, 6.45) is 1.08. The minimum atomic E-state index is -0.970. The molecule has 0 aromatic heterocycles. The van der Waals surface area contributed by atoms with Crippen LogP contribution in [0, 0.1) is 17.7 Å². The lowest BCUT2D eigenvalue weighted by Gasteiger charge is -2.29. The number of hydrogen-bond donors (Lipinski definition) is 2. The summed E-state index contributed by atoms with van der Waals surface area (Å²) in [5.74, 6) is -0.0932. The highest BCUT2D eigenvalue weighted by Crippen LogP contribution is 2.32. The molecule has 3 aromatic rings. The number of ether oxygens (including phenoxy) is 1. The van der Waals surface area contributed by atoms with Crippen LogP contribution in [0.4, 0.5) is 14.9 Å². The number of anilines is 1. The molecule has 0 bridgehead atoms. The van der Waals surface area contributed by atoms with Crippen molar-refractivity contribution in [1.82, 2.24) is 5.32 Å². The van der Waals surface area contributed by atoms with E-state index in [1.807, 2.05) is 54.6 Å². The molecule has 0 saturated carbocycles. The average molecular weight is 559 g/mol. The summed E-state index contributed by atoms with van der Waals surface area (Å²) < 4.78 is 19.3. The molecule has 1 aliphatic heterocycles. The van der Waals surface area contributed by atoms with E-state index in [9.17, 15) is 19.1 Å². The lowest BCUT2D eigenvalue weighted by Crippen LogP contribution is -2.50. The zero-order chi connectivity index (χ0) is 29.4. The van der Waals surface area contributed by atoms with Gasteiger partial charge >= 0.3 is 6.09 Å². The van der Waals surface area contributed by atoms with E-state index in [2.05, 4.69) is 25.4 Å². The molecule has 5 atom stereocenters. The average Bonchev–Trinajstić information content (AvgIpc) is 3.30. The molecule has 1 heterocycles. The molecule has 0 spiro atoms. The molecular weight excluding hydrogens is 519 g/mol. The standard InChI is InChI=1S/C32H35FN2O4.C2H4/c1-21-14-23(16-24-12-13-26(33)19-25(24)15-21)18-29(36)28(17-22-8-4-2-5-9-22)34-31(37)30-20-35(32(38)39-30)27-10-6-3-7-11-27;1-2/h2-13,19,21,23,28-30,36H,14-18,20H2,1H3,(H,34,37);1-2H2/t21-,23?,28+,29-,30?;/m1./s1. The van der Waals surface area contributed by atoms with Crippen LogP contribution < -0.4 is 10.2 Å². The van der Waals surface area contributed by atoms with E-state index in [1.54, 1.807) is 18.2 Å². The number of benzene rings is 3. The fourth-order valence-corrected chi connectivity index (χ4v) is 5.94. The smallest absolute Gasteiger partial charge is 0.415 e. The molecule has 2 amide bonds. The minimum absolute atomic E-state index is 0.107. The van der Waals surface area contributed by atoms with Crippen molar-refractivity contribution in [2.45, 2.75) is 57.3 Å². The van der Waals surface area contributed by atoms with Gasteiger partial charge in [-0.1, -0.05) is 61.5 Å². The second kappa shape index (κ2) is 14.1. The Morgan fingerprint density at radius 2 is 1.73 bits per heavy atom. The molecular formula is C34H39FN2O4. The predicted molar refractivity (Wildman–Crippen MR) is 159 cm³/mol. The third-order valence-electron chi connectivity index (χ3n) is 7.82. The molecule has 0 radical (unpaired) electrons. The second-order valence-corrected chi connectivity index (χ2v) is 11.0. The van der Waals surface area contributed by atoms with Crippen LogP contribution in [0.1, 0.15) is 36.5 Å². The molecule has 216 valence electrons. The largest absolute Gasteiger partial charge is 0.434 e. The first-order valence-corrected chi connectivity index (χ1v) is 14.2. The van der Waals surface area contributed by atoms with Gasteiger partial charge in [0.15, 0.2) is 6.10 Å². The van der Waals surface area contributed by atoms with Gasteiger partial charge in [0.25, 0.3) is 5.91 Å². The van der Waals surface area contributed by atoms with E-state index < -0.39 is 30.3 Å². The van der Waals surface area contributed by atoms with Gasteiger partial charge in [0.2, 0.25) is 0 Å². The molecule has 1 saturated heterocycles. The van der Waals surface area contributed by atoms with Gasteiger partial charge in [-0.05, 0) is 84.9 Å². The fourth-order valence-electron chi connectivity index (χ4n) is 5.94. The SMILES string of the molecule is C=C.C[C@H]1Cc2cc(F)ccc2CC(C[C@@H](O)[C@H](Cc2ccccc2)NC(=O)C2CN(c3ccccc3)C(=O)O2)C1. The second-order valence-electron chi connectivity index (χ2n) is 11.0. The summed E-state index contributed by atoms with van der Waals surface area (Å²) in [5.41, 5.74) is 3.83. The Labute approximate surface area is 241 Å². The summed E-state index contributed by atoms with van der Waals surface area (Å²) in [6, 6.07) is 23.3. The first-order valence-electron chi connectivity index (χ1n) is 14.2. The molecule has 1 fully saturated rings. The number of para-hydroxylation sites is 1. The van der Waals surface area contributed by atoms with Crippen LogP contribution in [0.25, 0.3) is 0 Å². The van der Waals surface area contributed by atoms with Crippen molar-refractivity contribution < 1.29 is 23.8 Å².